The van der Waals surface area contributed by atoms with E-state index < -0.39 is 0 Å². The van der Waals surface area contributed by atoms with E-state index in [-0.39, 0.29) is 5.78 Å². The molecule has 0 aliphatic heterocycles. The van der Waals surface area contributed by atoms with Gasteiger partial charge in [0.1, 0.15) is 0 Å². The first-order valence-corrected chi connectivity index (χ1v) is 13.7. The zero-order chi connectivity index (χ0) is 24.7. The van der Waals surface area contributed by atoms with E-state index >= 15 is 0 Å². The molecule has 2 aromatic carbocycles. The highest BCUT2D eigenvalue weighted by Gasteiger charge is 2.57. The van der Waals surface area contributed by atoms with Crippen molar-refractivity contribution in [3.63, 3.8) is 0 Å². The molecule has 0 aromatic heterocycles. The average molecular weight is 479 g/mol. The van der Waals surface area contributed by atoms with Crippen molar-refractivity contribution >= 4 is 23.1 Å². The van der Waals surface area contributed by atoms with Crippen LogP contribution in [0.15, 0.2) is 66.8 Å². The normalized spacial score (nSPS) is 28.1. The van der Waals surface area contributed by atoms with Crippen LogP contribution >= 0.6 is 0 Å². The number of rotatable bonds is 9. The molecule has 5 aliphatic rings. The van der Waals surface area contributed by atoms with E-state index in [1.807, 2.05) is 18.2 Å². The quantitative estimate of drug-likeness (QED) is 0.322. The van der Waals surface area contributed by atoms with Crippen molar-refractivity contribution in [2.24, 2.45) is 23.2 Å². The summed E-state index contributed by atoms with van der Waals surface area (Å²) in [6.45, 7) is 2.24. The Balaban J connectivity index is 1.03. The highest BCUT2D eigenvalue weighted by molar-refractivity contribution is 5.96. The van der Waals surface area contributed by atoms with Gasteiger partial charge >= 0.3 is 0 Å². The van der Waals surface area contributed by atoms with Crippen LogP contribution in [-0.2, 0) is 17.8 Å². The summed E-state index contributed by atoms with van der Waals surface area (Å²) in [4.78, 5) is 15.2. The second kappa shape index (κ2) is 9.52. The molecule has 0 heterocycles. The van der Waals surface area contributed by atoms with Crippen molar-refractivity contribution in [3.05, 3.63) is 89.0 Å². The van der Waals surface area contributed by atoms with Crippen LogP contribution in [0.1, 0.15) is 60.8 Å². The highest BCUT2D eigenvalue weighted by atomic mass is 16.1. The van der Waals surface area contributed by atoms with Crippen LogP contribution in [0.4, 0.5) is 5.69 Å². The molecule has 2 N–H and O–H groups in total. The third kappa shape index (κ3) is 4.74. The van der Waals surface area contributed by atoms with E-state index in [1.54, 1.807) is 6.08 Å². The topological polar surface area (TPSA) is 46.3 Å². The first kappa shape index (κ1) is 23.5. The van der Waals surface area contributed by atoms with Crippen molar-refractivity contribution in [3.8, 4) is 0 Å². The third-order valence-electron chi connectivity index (χ3n) is 9.29. The van der Waals surface area contributed by atoms with Crippen LogP contribution in [0.5, 0.6) is 0 Å². The molecule has 2 unspecified atom stereocenters. The first-order chi connectivity index (χ1) is 17.5. The Kier molecular flexibility index (Phi) is 6.21. The number of nitrogen functional groups attached to an aromatic ring is 1. The first-order valence-electron chi connectivity index (χ1n) is 13.7. The number of allylic oxidation sites excluding steroid dienone is 5. The lowest BCUT2D eigenvalue weighted by Gasteiger charge is -2.36. The van der Waals surface area contributed by atoms with Crippen molar-refractivity contribution in [2.75, 3.05) is 19.3 Å². The van der Waals surface area contributed by atoms with Crippen molar-refractivity contribution in [1.82, 2.24) is 4.90 Å². The Labute approximate surface area is 215 Å². The number of ketones is 1. The molecule has 3 heteroatoms. The molecule has 7 rings (SSSR count). The molecule has 3 nitrogen and oxygen atoms in total. The predicted octanol–water partition coefficient (Wildman–Crippen LogP) is 6.70. The maximum absolute atomic E-state index is 12.7. The van der Waals surface area contributed by atoms with Gasteiger partial charge in [0, 0.05) is 25.2 Å². The van der Waals surface area contributed by atoms with Crippen LogP contribution in [0.2, 0.25) is 0 Å². The summed E-state index contributed by atoms with van der Waals surface area (Å²) >= 11 is 0. The van der Waals surface area contributed by atoms with Crippen molar-refractivity contribution in [2.45, 2.75) is 51.5 Å². The molecule has 0 saturated heterocycles. The standard InChI is InChI=1S/C33H38N2O/c1-35(22-33-19-25-14-26(20-33)16-30(33)15-25)21-24-8-6-23(7-9-24)10-12-31(36)18-29-17-28(11-13-32(29)34)27-4-2-3-5-27/h2-4,6-13,17,25-26,30H,5,14-16,18-22,34H2,1H3/b12-10+. The Bertz CT molecular complexity index is 1220. The fourth-order valence-corrected chi connectivity index (χ4v) is 7.92. The molecule has 0 spiro atoms. The van der Waals surface area contributed by atoms with E-state index in [0.29, 0.717) is 17.5 Å². The molecule has 4 bridgehead atoms. The molecule has 36 heavy (non-hydrogen) atoms. The SMILES string of the molecule is CN(Cc1ccc(/C=C/C(=O)Cc2cc(C3=CC=CC3)ccc2N)cc1)CC12CC3CC(CC1C3)C2. The van der Waals surface area contributed by atoms with Gasteiger partial charge in [-0.25, -0.2) is 0 Å². The number of hydrogen-bond acceptors (Lipinski definition) is 3. The summed E-state index contributed by atoms with van der Waals surface area (Å²) < 4.78 is 0. The third-order valence-corrected chi connectivity index (χ3v) is 9.29. The largest absolute Gasteiger partial charge is 0.398 e. The van der Waals surface area contributed by atoms with Crippen molar-refractivity contribution < 1.29 is 4.79 Å². The van der Waals surface area contributed by atoms with Crippen LogP contribution < -0.4 is 5.73 Å². The van der Waals surface area contributed by atoms with Crippen LogP contribution in [0.3, 0.4) is 0 Å². The highest BCUT2D eigenvalue weighted by Crippen LogP contribution is 2.65. The summed E-state index contributed by atoms with van der Waals surface area (Å²) in [5.41, 5.74) is 13.2. The number of nitrogens with zero attached hydrogens (tertiary/aromatic N) is 1. The van der Waals surface area contributed by atoms with Gasteiger partial charge < -0.3 is 10.6 Å². The summed E-state index contributed by atoms with van der Waals surface area (Å²) in [5, 5.41) is 0. The van der Waals surface area contributed by atoms with Crippen LogP contribution in [0.25, 0.3) is 11.6 Å². The monoisotopic (exact) mass is 478 g/mol. The van der Waals surface area contributed by atoms with Gasteiger partial charge in [-0.2, -0.15) is 0 Å². The Hall–Kier alpha value is -2.91. The lowest BCUT2D eigenvalue weighted by molar-refractivity contribution is -0.113. The van der Waals surface area contributed by atoms with Crippen LogP contribution in [0, 0.1) is 23.2 Å². The van der Waals surface area contributed by atoms with Gasteiger partial charge in [0.15, 0.2) is 5.78 Å². The molecule has 0 amide bonds. The molecule has 2 aromatic rings. The number of benzene rings is 2. The van der Waals surface area contributed by atoms with E-state index in [0.717, 1.165) is 47.4 Å². The van der Waals surface area contributed by atoms with Gasteiger partial charge in [0.2, 0.25) is 0 Å². The van der Waals surface area contributed by atoms with Gasteiger partial charge in [0.25, 0.3) is 0 Å². The summed E-state index contributed by atoms with van der Waals surface area (Å²) in [6.07, 6.45) is 18.7. The van der Waals surface area contributed by atoms with Crippen LogP contribution in [-0.4, -0.2) is 24.3 Å². The molecule has 4 saturated carbocycles. The van der Waals surface area contributed by atoms with Gasteiger partial charge in [-0.1, -0.05) is 54.6 Å². The molecular formula is C33H38N2O. The van der Waals surface area contributed by atoms with Crippen molar-refractivity contribution in [1.29, 1.82) is 0 Å². The molecule has 0 radical (unpaired) electrons. The minimum Gasteiger partial charge on any atom is -0.398 e. The lowest BCUT2D eigenvalue weighted by atomic mass is 9.75. The zero-order valence-corrected chi connectivity index (χ0v) is 21.5. The Morgan fingerprint density at radius 3 is 2.58 bits per heavy atom. The summed E-state index contributed by atoms with van der Waals surface area (Å²) in [6, 6.07) is 14.7. The fourth-order valence-electron chi connectivity index (χ4n) is 7.92. The van der Waals surface area contributed by atoms with E-state index in [2.05, 4.69) is 60.5 Å². The number of nitrogens with two attached hydrogens (primary N) is 1. The average Bonchev–Trinajstić information content (AvgIpc) is 3.52. The Morgan fingerprint density at radius 2 is 1.86 bits per heavy atom. The number of carbonyl (C=O) groups is 1. The fraction of sp³-hybridized carbons (Fsp3) is 0.424. The van der Waals surface area contributed by atoms with Gasteiger partial charge in [-0.05, 0) is 115 Å². The number of carbonyl (C=O) groups excluding carboxylic acids is 1. The second-order valence-electron chi connectivity index (χ2n) is 12.0. The maximum Gasteiger partial charge on any atom is 0.160 e. The predicted molar refractivity (Wildman–Crippen MR) is 149 cm³/mol. The molecular weight excluding hydrogens is 440 g/mol. The summed E-state index contributed by atoms with van der Waals surface area (Å²) in [7, 11) is 2.29. The lowest BCUT2D eigenvalue weighted by Crippen LogP contribution is -2.36. The van der Waals surface area contributed by atoms with E-state index in [1.165, 1.54) is 49.8 Å². The smallest absolute Gasteiger partial charge is 0.160 e. The Morgan fingerprint density at radius 1 is 1.08 bits per heavy atom. The molecule has 2 atom stereocenters. The molecule has 5 aliphatic carbocycles. The van der Waals surface area contributed by atoms with Gasteiger partial charge in [0.05, 0.1) is 0 Å². The summed E-state index contributed by atoms with van der Waals surface area (Å²) in [5.74, 6) is 3.10. The van der Waals surface area contributed by atoms with E-state index in [4.69, 9.17) is 5.73 Å². The van der Waals surface area contributed by atoms with E-state index in [9.17, 15) is 4.79 Å². The minimum absolute atomic E-state index is 0.0705. The molecule has 186 valence electrons. The van der Waals surface area contributed by atoms with Gasteiger partial charge in [-0.15, -0.1) is 0 Å². The number of anilines is 1. The van der Waals surface area contributed by atoms with Gasteiger partial charge in [-0.3, -0.25) is 4.79 Å². The number of hydrogen-bond donors (Lipinski definition) is 1. The zero-order valence-electron chi connectivity index (χ0n) is 21.5. The molecule has 4 fully saturated rings. The minimum atomic E-state index is 0.0705. The second-order valence-corrected chi connectivity index (χ2v) is 12.0. The maximum atomic E-state index is 12.7.